The lowest BCUT2D eigenvalue weighted by atomic mass is 9.82. The minimum atomic E-state index is -0.182. The van der Waals surface area contributed by atoms with Gasteiger partial charge < -0.3 is 10.5 Å². The highest BCUT2D eigenvalue weighted by atomic mass is 19.1. The fourth-order valence-corrected chi connectivity index (χ4v) is 3.09. The van der Waals surface area contributed by atoms with E-state index in [1.807, 2.05) is 26.1 Å². The summed E-state index contributed by atoms with van der Waals surface area (Å²) in [6.07, 6.45) is 1.02. The van der Waals surface area contributed by atoms with E-state index >= 15 is 0 Å². The van der Waals surface area contributed by atoms with Crippen LogP contribution in [0.4, 0.5) is 4.39 Å². The number of hydrogen-bond donors (Lipinski definition) is 1. The maximum atomic E-state index is 14.0. The predicted molar refractivity (Wildman–Crippen MR) is 79.0 cm³/mol. The zero-order valence-corrected chi connectivity index (χ0v) is 12.6. The van der Waals surface area contributed by atoms with Crippen molar-refractivity contribution in [3.8, 4) is 0 Å². The Balaban J connectivity index is 2.23. The Morgan fingerprint density at radius 2 is 2.20 bits per heavy atom. The second-order valence-electron chi connectivity index (χ2n) is 5.93. The molecule has 1 saturated heterocycles. The maximum Gasteiger partial charge on any atom is 0.127 e. The third-order valence-electron chi connectivity index (χ3n) is 4.96. The van der Waals surface area contributed by atoms with Gasteiger partial charge in [-0.2, -0.15) is 0 Å². The van der Waals surface area contributed by atoms with Crippen LogP contribution < -0.4 is 5.73 Å². The molecular weight excluding hydrogens is 255 g/mol. The fraction of sp³-hybridized carbons (Fsp3) is 0.625. The molecule has 1 fully saturated rings. The summed E-state index contributed by atoms with van der Waals surface area (Å²) in [5.74, 6) is 0.237. The number of likely N-dealkylation sites (N-methyl/N-ethyl adjacent to an activating group) is 1. The topological polar surface area (TPSA) is 38.5 Å². The van der Waals surface area contributed by atoms with Gasteiger partial charge in [-0.15, -0.1) is 0 Å². The Labute approximate surface area is 120 Å². The smallest absolute Gasteiger partial charge is 0.127 e. The van der Waals surface area contributed by atoms with Crippen LogP contribution >= 0.6 is 0 Å². The molecule has 0 spiro atoms. The van der Waals surface area contributed by atoms with Crippen molar-refractivity contribution in [3.05, 3.63) is 35.6 Å². The van der Waals surface area contributed by atoms with E-state index in [2.05, 4.69) is 11.8 Å². The van der Waals surface area contributed by atoms with Gasteiger partial charge in [-0.3, -0.25) is 4.90 Å². The zero-order chi connectivity index (χ0) is 14.8. The molecule has 0 aliphatic carbocycles. The van der Waals surface area contributed by atoms with Crippen molar-refractivity contribution in [2.24, 2.45) is 11.7 Å². The van der Waals surface area contributed by atoms with Gasteiger partial charge in [0.15, 0.2) is 0 Å². The van der Waals surface area contributed by atoms with Crippen molar-refractivity contribution >= 4 is 0 Å². The number of nitrogens with zero attached hydrogens (tertiary/aromatic N) is 1. The summed E-state index contributed by atoms with van der Waals surface area (Å²) in [5.41, 5.74) is 6.58. The van der Waals surface area contributed by atoms with Gasteiger partial charge in [0, 0.05) is 36.2 Å². The molecule has 1 aliphatic rings. The van der Waals surface area contributed by atoms with E-state index in [1.165, 1.54) is 6.07 Å². The normalized spacial score (nSPS) is 23.8. The van der Waals surface area contributed by atoms with Gasteiger partial charge in [0.05, 0.1) is 6.61 Å². The van der Waals surface area contributed by atoms with E-state index in [1.54, 1.807) is 6.07 Å². The third-order valence-corrected chi connectivity index (χ3v) is 4.96. The van der Waals surface area contributed by atoms with Gasteiger partial charge in [-0.1, -0.05) is 18.2 Å². The van der Waals surface area contributed by atoms with Crippen molar-refractivity contribution in [1.29, 1.82) is 0 Å². The summed E-state index contributed by atoms with van der Waals surface area (Å²) < 4.78 is 19.5. The first kappa shape index (κ1) is 15.4. The number of benzene rings is 1. The maximum absolute atomic E-state index is 14.0. The van der Waals surface area contributed by atoms with Crippen LogP contribution in [-0.2, 0) is 4.74 Å². The molecule has 1 aromatic rings. The number of nitrogens with two attached hydrogens (primary N) is 1. The highest BCUT2D eigenvalue weighted by molar-refractivity contribution is 5.21. The zero-order valence-electron chi connectivity index (χ0n) is 12.6. The van der Waals surface area contributed by atoms with Crippen LogP contribution in [0.2, 0.25) is 0 Å². The number of halogens is 1. The first-order valence-electron chi connectivity index (χ1n) is 7.26. The summed E-state index contributed by atoms with van der Waals surface area (Å²) >= 11 is 0. The summed E-state index contributed by atoms with van der Waals surface area (Å²) in [4.78, 5) is 2.20. The van der Waals surface area contributed by atoms with Crippen LogP contribution in [0.5, 0.6) is 0 Å². The molecule has 0 amide bonds. The molecule has 3 nitrogen and oxygen atoms in total. The molecule has 0 radical (unpaired) electrons. The quantitative estimate of drug-likeness (QED) is 0.901. The molecule has 2 rings (SSSR count). The van der Waals surface area contributed by atoms with Crippen LogP contribution in [0.3, 0.4) is 0 Å². The van der Waals surface area contributed by atoms with Gasteiger partial charge in [0.1, 0.15) is 5.82 Å². The van der Waals surface area contributed by atoms with Gasteiger partial charge in [-0.05, 0) is 33.4 Å². The molecule has 0 bridgehead atoms. The van der Waals surface area contributed by atoms with Crippen LogP contribution in [-0.4, -0.2) is 37.2 Å². The van der Waals surface area contributed by atoms with E-state index in [9.17, 15) is 4.39 Å². The number of hydrogen-bond acceptors (Lipinski definition) is 3. The Hall–Kier alpha value is -0.970. The minimum Gasteiger partial charge on any atom is -0.381 e. The van der Waals surface area contributed by atoms with Crippen molar-refractivity contribution in [3.63, 3.8) is 0 Å². The Morgan fingerprint density at radius 3 is 2.75 bits per heavy atom. The van der Waals surface area contributed by atoms with Crippen molar-refractivity contribution in [2.45, 2.75) is 31.8 Å². The lowest BCUT2D eigenvalue weighted by molar-refractivity contribution is 0.0371. The Kier molecular flexibility index (Phi) is 4.78. The molecule has 1 aliphatic heterocycles. The van der Waals surface area contributed by atoms with Crippen molar-refractivity contribution in [1.82, 2.24) is 4.90 Å². The molecule has 2 N–H and O–H groups in total. The van der Waals surface area contributed by atoms with Crippen molar-refractivity contribution in [2.75, 3.05) is 26.8 Å². The van der Waals surface area contributed by atoms with E-state index in [0.717, 1.165) is 19.6 Å². The lowest BCUT2D eigenvalue weighted by Crippen LogP contribution is -2.56. The predicted octanol–water partition coefficient (Wildman–Crippen LogP) is 2.57. The molecule has 20 heavy (non-hydrogen) atoms. The molecule has 3 unspecified atom stereocenters. The summed E-state index contributed by atoms with van der Waals surface area (Å²) in [6, 6.07) is 6.93. The largest absolute Gasteiger partial charge is 0.381 e. The molecule has 112 valence electrons. The molecule has 3 atom stereocenters. The second kappa shape index (κ2) is 6.20. The number of rotatable bonds is 5. The van der Waals surface area contributed by atoms with Gasteiger partial charge in [0.2, 0.25) is 0 Å². The molecule has 1 heterocycles. The van der Waals surface area contributed by atoms with Crippen LogP contribution in [0.15, 0.2) is 24.3 Å². The fourth-order valence-electron chi connectivity index (χ4n) is 3.09. The van der Waals surface area contributed by atoms with Crippen LogP contribution in [0.1, 0.15) is 31.9 Å². The molecule has 1 aromatic carbocycles. The molecule has 4 heteroatoms. The molecular formula is C16H25FN2O. The first-order valence-corrected chi connectivity index (χ1v) is 7.26. The van der Waals surface area contributed by atoms with E-state index in [4.69, 9.17) is 10.5 Å². The summed E-state index contributed by atoms with van der Waals surface area (Å²) in [7, 11) is 2.03. The highest BCUT2D eigenvalue weighted by Crippen LogP contribution is 2.35. The van der Waals surface area contributed by atoms with Crippen LogP contribution in [0.25, 0.3) is 0 Å². The molecule has 0 saturated carbocycles. The number of ether oxygens (including phenoxy) is 1. The van der Waals surface area contributed by atoms with Gasteiger partial charge >= 0.3 is 0 Å². The monoisotopic (exact) mass is 280 g/mol. The average molecular weight is 280 g/mol. The third kappa shape index (κ3) is 2.73. The average Bonchev–Trinajstić information content (AvgIpc) is 3.00. The standard InChI is InChI=1S/C16H25FN2O/c1-12(14-6-4-5-7-15(14)17)19(3)16(2,11-18)13-8-9-20-10-13/h4-7,12-13H,8-11,18H2,1-3H3. The van der Waals surface area contributed by atoms with E-state index < -0.39 is 0 Å². The van der Waals surface area contributed by atoms with Gasteiger partial charge in [0.25, 0.3) is 0 Å². The highest BCUT2D eigenvalue weighted by Gasteiger charge is 2.41. The Bertz CT molecular complexity index is 448. The molecule has 0 aromatic heterocycles. The van der Waals surface area contributed by atoms with E-state index in [0.29, 0.717) is 18.0 Å². The van der Waals surface area contributed by atoms with Gasteiger partial charge in [-0.25, -0.2) is 4.39 Å². The second-order valence-corrected chi connectivity index (χ2v) is 5.93. The van der Waals surface area contributed by atoms with E-state index in [-0.39, 0.29) is 17.4 Å². The summed E-state index contributed by atoms with van der Waals surface area (Å²) in [6.45, 7) is 6.26. The van der Waals surface area contributed by atoms with Crippen LogP contribution in [0, 0.1) is 11.7 Å². The SMILES string of the molecule is CC(c1ccccc1F)N(C)C(C)(CN)C1CCOC1. The lowest BCUT2D eigenvalue weighted by Gasteiger charge is -2.45. The first-order chi connectivity index (χ1) is 9.50. The Morgan fingerprint density at radius 1 is 1.50 bits per heavy atom. The van der Waals surface area contributed by atoms with Crippen molar-refractivity contribution < 1.29 is 9.13 Å². The summed E-state index contributed by atoms with van der Waals surface area (Å²) in [5, 5.41) is 0. The minimum absolute atomic E-state index is 0.0228.